The van der Waals surface area contributed by atoms with Gasteiger partial charge in [0.05, 0.1) is 5.60 Å². The number of halogens is 1. The molecule has 0 aromatic carbocycles. The van der Waals surface area contributed by atoms with Crippen molar-refractivity contribution in [3.8, 4) is 0 Å². The average Bonchev–Trinajstić information content (AvgIpc) is 2.30. The molecular formula is C14H27BrO. The lowest BCUT2D eigenvalue weighted by atomic mass is 9.75. The lowest BCUT2D eigenvalue weighted by molar-refractivity contribution is -0.0642. The highest BCUT2D eigenvalue weighted by Gasteiger charge is 2.35. The number of rotatable bonds is 6. The third kappa shape index (κ3) is 4.03. The molecule has 1 rings (SSSR count). The lowest BCUT2D eigenvalue weighted by Gasteiger charge is -2.40. The maximum atomic E-state index is 6.14. The summed E-state index contributed by atoms with van der Waals surface area (Å²) in [7, 11) is 0. The quantitative estimate of drug-likeness (QED) is 0.505. The molecule has 0 amide bonds. The average molecular weight is 291 g/mol. The Kier molecular flexibility index (Phi) is 6.35. The van der Waals surface area contributed by atoms with Crippen molar-refractivity contribution in [2.75, 3.05) is 11.9 Å². The summed E-state index contributed by atoms with van der Waals surface area (Å²) in [5, 5.41) is 1.01. The largest absolute Gasteiger partial charge is 0.374 e. The Hall–Kier alpha value is 0.440. The SMILES string of the molecule is CCCCOC1(CBr)CCC(C(C)C)CC1. The Labute approximate surface area is 109 Å². The van der Waals surface area contributed by atoms with E-state index in [9.17, 15) is 0 Å². The third-order valence-electron chi connectivity index (χ3n) is 4.03. The van der Waals surface area contributed by atoms with Crippen LogP contribution >= 0.6 is 15.9 Å². The van der Waals surface area contributed by atoms with Gasteiger partial charge in [-0.05, 0) is 43.9 Å². The molecule has 1 aliphatic carbocycles. The van der Waals surface area contributed by atoms with Crippen LogP contribution in [0.4, 0.5) is 0 Å². The first-order valence-electron chi connectivity index (χ1n) is 6.83. The van der Waals surface area contributed by atoms with Gasteiger partial charge in [0.25, 0.3) is 0 Å². The van der Waals surface area contributed by atoms with Crippen LogP contribution in [0.1, 0.15) is 59.3 Å². The van der Waals surface area contributed by atoms with Crippen molar-refractivity contribution in [3.63, 3.8) is 0 Å². The van der Waals surface area contributed by atoms with E-state index in [4.69, 9.17) is 4.74 Å². The van der Waals surface area contributed by atoms with E-state index >= 15 is 0 Å². The molecule has 0 spiro atoms. The molecular weight excluding hydrogens is 264 g/mol. The van der Waals surface area contributed by atoms with Crippen LogP contribution in [0.2, 0.25) is 0 Å². The molecule has 0 radical (unpaired) electrons. The Bertz CT molecular complexity index is 183. The van der Waals surface area contributed by atoms with Gasteiger partial charge in [-0.3, -0.25) is 0 Å². The fourth-order valence-corrected chi connectivity index (χ4v) is 3.31. The molecule has 1 fully saturated rings. The van der Waals surface area contributed by atoms with Crippen LogP contribution in [0.5, 0.6) is 0 Å². The normalized spacial score (nSPS) is 30.9. The van der Waals surface area contributed by atoms with Crippen LogP contribution in [0, 0.1) is 11.8 Å². The van der Waals surface area contributed by atoms with E-state index in [0.717, 1.165) is 23.8 Å². The lowest BCUT2D eigenvalue weighted by Crippen LogP contribution is -2.40. The van der Waals surface area contributed by atoms with E-state index in [0.29, 0.717) is 0 Å². The Morgan fingerprint density at radius 1 is 1.31 bits per heavy atom. The summed E-state index contributed by atoms with van der Waals surface area (Å²) in [4.78, 5) is 0. The van der Waals surface area contributed by atoms with Gasteiger partial charge < -0.3 is 4.74 Å². The van der Waals surface area contributed by atoms with Crippen LogP contribution < -0.4 is 0 Å². The second kappa shape index (κ2) is 7.00. The number of hydrogen-bond donors (Lipinski definition) is 0. The molecule has 0 saturated heterocycles. The standard InChI is InChI=1S/C14H27BrO/c1-4-5-10-16-14(11-15)8-6-13(7-9-14)12(2)3/h12-13H,4-11H2,1-3H3. The summed E-state index contributed by atoms with van der Waals surface area (Å²) in [5.41, 5.74) is 0.153. The predicted molar refractivity (Wildman–Crippen MR) is 74.2 cm³/mol. The summed E-state index contributed by atoms with van der Waals surface area (Å²) < 4.78 is 6.14. The zero-order chi connectivity index (χ0) is 12.0. The van der Waals surface area contributed by atoms with Gasteiger partial charge in [-0.2, -0.15) is 0 Å². The summed E-state index contributed by atoms with van der Waals surface area (Å²) in [6.45, 7) is 7.86. The van der Waals surface area contributed by atoms with Crippen LogP contribution in [-0.4, -0.2) is 17.5 Å². The predicted octanol–water partition coefficient (Wildman–Crippen LogP) is 4.78. The Morgan fingerprint density at radius 2 is 1.94 bits per heavy atom. The van der Waals surface area contributed by atoms with Crippen molar-refractivity contribution >= 4 is 15.9 Å². The van der Waals surface area contributed by atoms with E-state index in [1.165, 1.54) is 38.5 Å². The highest BCUT2D eigenvalue weighted by Crippen LogP contribution is 2.39. The zero-order valence-corrected chi connectivity index (χ0v) is 12.7. The minimum absolute atomic E-state index is 0.153. The van der Waals surface area contributed by atoms with E-state index in [2.05, 4.69) is 36.7 Å². The Morgan fingerprint density at radius 3 is 2.38 bits per heavy atom. The monoisotopic (exact) mass is 290 g/mol. The van der Waals surface area contributed by atoms with Crippen LogP contribution in [0.3, 0.4) is 0 Å². The summed E-state index contributed by atoms with van der Waals surface area (Å²) >= 11 is 3.65. The molecule has 0 atom stereocenters. The molecule has 1 saturated carbocycles. The van der Waals surface area contributed by atoms with Gasteiger partial charge >= 0.3 is 0 Å². The first-order chi connectivity index (χ1) is 7.63. The fraction of sp³-hybridized carbons (Fsp3) is 1.00. The van der Waals surface area contributed by atoms with Gasteiger partial charge in [0.1, 0.15) is 0 Å². The highest BCUT2D eigenvalue weighted by atomic mass is 79.9. The highest BCUT2D eigenvalue weighted by molar-refractivity contribution is 9.09. The van der Waals surface area contributed by atoms with E-state index in [-0.39, 0.29) is 5.60 Å². The second-order valence-corrected chi connectivity index (χ2v) is 6.16. The van der Waals surface area contributed by atoms with Crippen LogP contribution in [0.25, 0.3) is 0 Å². The number of hydrogen-bond acceptors (Lipinski definition) is 1. The van der Waals surface area contributed by atoms with Crippen molar-refractivity contribution in [2.45, 2.75) is 64.9 Å². The molecule has 0 aromatic rings. The first kappa shape index (κ1) is 14.5. The molecule has 0 heterocycles. The number of unbranched alkanes of at least 4 members (excludes halogenated alkanes) is 1. The molecule has 1 nitrogen and oxygen atoms in total. The van der Waals surface area contributed by atoms with Crippen molar-refractivity contribution in [2.24, 2.45) is 11.8 Å². The molecule has 0 bridgehead atoms. The summed E-state index contributed by atoms with van der Waals surface area (Å²) in [6.07, 6.45) is 7.59. The molecule has 0 unspecified atom stereocenters. The fourth-order valence-electron chi connectivity index (χ4n) is 2.58. The van der Waals surface area contributed by atoms with Crippen molar-refractivity contribution in [1.29, 1.82) is 0 Å². The molecule has 0 aromatic heterocycles. The molecule has 96 valence electrons. The minimum Gasteiger partial charge on any atom is -0.374 e. The van der Waals surface area contributed by atoms with Crippen LogP contribution in [-0.2, 0) is 4.74 Å². The smallest absolute Gasteiger partial charge is 0.0779 e. The van der Waals surface area contributed by atoms with Crippen molar-refractivity contribution < 1.29 is 4.74 Å². The van der Waals surface area contributed by atoms with Gasteiger partial charge in [0.2, 0.25) is 0 Å². The van der Waals surface area contributed by atoms with Gasteiger partial charge in [0, 0.05) is 11.9 Å². The van der Waals surface area contributed by atoms with E-state index in [1.807, 2.05) is 0 Å². The Balaban J connectivity index is 2.38. The topological polar surface area (TPSA) is 9.23 Å². The molecule has 16 heavy (non-hydrogen) atoms. The second-order valence-electron chi connectivity index (χ2n) is 5.60. The maximum absolute atomic E-state index is 6.14. The molecule has 0 N–H and O–H groups in total. The van der Waals surface area contributed by atoms with E-state index in [1.54, 1.807) is 0 Å². The summed E-state index contributed by atoms with van der Waals surface area (Å²) in [5.74, 6) is 1.76. The van der Waals surface area contributed by atoms with Gasteiger partial charge in [0.15, 0.2) is 0 Å². The van der Waals surface area contributed by atoms with Crippen molar-refractivity contribution in [1.82, 2.24) is 0 Å². The van der Waals surface area contributed by atoms with Crippen LogP contribution in [0.15, 0.2) is 0 Å². The van der Waals surface area contributed by atoms with Gasteiger partial charge in [-0.25, -0.2) is 0 Å². The summed E-state index contributed by atoms with van der Waals surface area (Å²) in [6, 6.07) is 0. The number of alkyl halides is 1. The molecule has 0 aliphatic heterocycles. The zero-order valence-electron chi connectivity index (χ0n) is 11.1. The number of ether oxygens (including phenoxy) is 1. The third-order valence-corrected chi connectivity index (χ3v) is 5.06. The van der Waals surface area contributed by atoms with Crippen molar-refractivity contribution in [3.05, 3.63) is 0 Å². The minimum atomic E-state index is 0.153. The molecule has 1 aliphatic rings. The first-order valence-corrected chi connectivity index (χ1v) is 7.95. The van der Waals surface area contributed by atoms with Gasteiger partial charge in [-0.15, -0.1) is 0 Å². The maximum Gasteiger partial charge on any atom is 0.0779 e. The van der Waals surface area contributed by atoms with E-state index < -0.39 is 0 Å². The van der Waals surface area contributed by atoms with Gasteiger partial charge in [-0.1, -0.05) is 43.1 Å². The molecule has 2 heteroatoms.